The fraction of sp³-hybridized carbons (Fsp3) is 0.286. The molecule has 7 nitrogen and oxygen atoms in total. The molecule has 1 atom stereocenters. The van der Waals surface area contributed by atoms with Crippen molar-refractivity contribution < 1.29 is 18.0 Å². The van der Waals surface area contributed by atoms with Crippen LogP contribution in [-0.2, 0) is 26.2 Å². The van der Waals surface area contributed by atoms with Gasteiger partial charge in [-0.05, 0) is 66.9 Å². The average Bonchev–Trinajstić information content (AvgIpc) is 2.92. The molecule has 3 aromatic carbocycles. The molecule has 38 heavy (non-hydrogen) atoms. The number of carbonyl (C=O) groups is 2. The van der Waals surface area contributed by atoms with Crippen LogP contribution in [0.1, 0.15) is 32.3 Å². The maximum Gasteiger partial charge on any atom is 0.264 e. The number of nitrogens with one attached hydrogen (secondary N) is 1. The number of nitrogens with zero attached hydrogens (tertiary/aromatic N) is 2. The third-order valence-electron chi connectivity index (χ3n) is 5.93. The highest BCUT2D eigenvalue weighted by atomic mass is 35.5. The van der Waals surface area contributed by atoms with Crippen LogP contribution >= 0.6 is 23.2 Å². The number of hydrogen-bond donors (Lipinski definition) is 1. The van der Waals surface area contributed by atoms with E-state index in [1.54, 1.807) is 54.6 Å². The van der Waals surface area contributed by atoms with E-state index in [0.717, 1.165) is 16.3 Å². The van der Waals surface area contributed by atoms with Gasteiger partial charge < -0.3 is 10.2 Å². The third kappa shape index (κ3) is 7.49. The molecule has 0 aliphatic rings. The van der Waals surface area contributed by atoms with Gasteiger partial charge in [0.05, 0.1) is 10.6 Å². The van der Waals surface area contributed by atoms with E-state index in [4.69, 9.17) is 23.2 Å². The monoisotopic (exact) mass is 575 g/mol. The SMILES string of the molecule is CCCNC(=O)C(CC)N(Cc1ccc(Cl)cc1)C(=O)CN(c1ccccc1)S(=O)(=O)c1ccc(Cl)cc1. The fourth-order valence-corrected chi connectivity index (χ4v) is 5.59. The van der Waals surface area contributed by atoms with Gasteiger partial charge in [0.1, 0.15) is 12.6 Å². The maximum absolute atomic E-state index is 13.9. The van der Waals surface area contributed by atoms with Crippen LogP contribution in [0.4, 0.5) is 5.69 Å². The number of carbonyl (C=O) groups excluding carboxylic acids is 2. The van der Waals surface area contributed by atoms with E-state index >= 15 is 0 Å². The second-order valence-electron chi connectivity index (χ2n) is 8.66. The molecule has 0 radical (unpaired) electrons. The van der Waals surface area contributed by atoms with Crippen molar-refractivity contribution in [1.82, 2.24) is 10.2 Å². The number of anilines is 1. The van der Waals surface area contributed by atoms with Gasteiger partial charge in [0.15, 0.2) is 0 Å². The Hall–Kier alpha value is -3.07. The number of rotatable bonds is 12. The van der Waals surface area contributed by atoms with Crippen LogP contribution in [0.15, 0.2) is 83.8 Å². The summed E-state index contributed by atoms with van der Waals surface area (Å²) in [5.41, 5.74) is 1.09. The summed E-state index contributed by atoms with van der Waals surface area (Å²) >= 11 is 12.0. The summed E-state index contributed by atoms with van der Waals surface area (Å²) < 4.78 is 28.5. The van der Waals surface area contributed by atoms with Gasteiger partial charge in [0.2, 0.25) is 11.8 Å². The van der Waals surface area contributed by atoms with E-state index in [9.17, 15) is 18.0 Å². The quantitative estimate of drug-likeness (QED) is 0.308. The number of sulfonamides is 1. The summed E-state index contributed by atoms with van der Waals surface area (Å²) in [7, 11) is -4.14. The van der Waals surface area contributed by atoms with Crippen LogP contribution < -0.4 is 9.62 Å². The van der Waals surface area contributed by atoms with Crippen molar-refractivity contribution >= 4 is 50.7 Å². The first-order valence-electron chi connectivity index (χ1n) is 12.3. The van der Waals surface area contributed by atoms with Crippen LogP contribution in [0.5, 0.6) is 0 Å². The second-order valence-corrected chi connectivity index (χ2v) is 11.4. The van der Waals surface area contributed by atoms with Crippen molar-refractivity contribution in [3.05, 3.63) is 94.5 Å². The molecule has 1 N–H and O–H groups in total. The summed E-state index contributed by atoms with van der Waals surface area (Å²) in [5.74, 6) is -0.802. The van der Waals surface area contributed by atoms with Crippen LogP contribution in [0.3, 0.4) is 0 Å². The molecule has 0 aliphatic carbocycles. The van der Waals surface area contributed by atoms with Crippen LogP contribution in [0.25, 0.3) is 0 Å². The van der Waals surface area contributed by atoms with Crippen molar-refractivity contribution in [3.63, 3.8) is 0 Å². The molecule has 0 saturated carbocycles. The van der Waals surface area contributed by atoms with E-state index in [1.807, 2.05) is 13.8 Å². The molecule has 0 fully saturated rings. The predicted octanol–water partition coefficient (Wildman–Crippen LogP) is 5.52. The van der Waals surface area contributed by atoms with E-state index in [2.05, 4.69) is 5.32 Å². The third-order valence-corrected chi connectivity index (χ3v) is 8.22. The molecule has 0 aliphatic heterocycles. The van der Waals surface area contributed by atoms with Gasteiger partial charge in [-0.15, -0.1) is 0 Å². The first kappa shape index (κ1) is 29.5. The number of benzene rings is 3. The highest BCUT2D eigenvalue weighted by Gasteiger charge is 2.33. The van der Waals surface area contributed by atoms with E-state index in [0.29, 0.717) is 28.7 Å². The lowest BCUT2D eigenvalue weighted by atomic mass is 10.1. The number of amides is 2. The zero-order chi connectivity index (χ0) is 27.7. The Labute approximate surface area is 234 Å². The van der Waals surface area contributed by atoms with Crippen molar-refractivity contribution in [2.75, 3.05) is 17.4 Å². The van der Waals surface area contributed by atoms with Gasteiger partial charge in [-0.1, -0.05) is 67.4 Å². The zero-order valence-corrected chi connectivity index (χ0v) is 23.6. The molecule has 0 aromatic heterocycles. The van der Waals surface area contributed by atoms with Gasteiger partial charge in [0, 0.05) is 23.1 Å². The van der Waals surface area contributed by atoms with Crippen molar-refractivity contribution in [2.24, 2.45) is 0 Å². The van der Waals surface area contributed by atoms with Crippen molar-refractivity contribution in [3.8, 4) is 0 Å². The normalized spacial score (nSPS) is 12.0. The Balaban J connectivity index is 2.01. The Morgan fingerprint density at radius 1 is 0.868 bits per heavy atom. The minimum atomic E-state index is -4.14. The Kier molecular flexibility index (Phi) is 10.6. The second kappa shape index (κ2) is 13.6. The molecule has 10 heteroatoms. The topological polar surface area (TPSA) is 86.8 Å². The summed E-state index contributed by atoms with van der Waals surface area (Å²) in [6.45, 7) is 3.84. The van der Waals surface area contributed by atoms with Gasteiger partial charge >= 0.3 is 0 Å². The molecule has 0 spiro atoms. The van der Waals surface area contributed by atoms with Crippen molar-refractivity contribution in [1.29, 1.82) is 0 Å². The lowest BCUT2D eigenvalue weighted by Crippen LogP contribution is -2.52. The van der Waals surface area contributed by atoms with Crippen molar-refractivity contribution in [2.45, 2.75) is 44.2 Å². The number of halogens is 2. The van der Waals surface area contributed by atoms with Crippen LogP contribution in [0.2, 0.25) is 10.0 Å². The van der Waals surface area contributed by atoms with Crippen LogP contribution in [-0.4, -0.2) is 44.3 Å². The number of hydrogen-bond acceptors (Lipinski definition) is 4. The highest BCUT2D eigenvalue weighted by Crippen LogP contribution is 2.25. The van der Waals surface area contributed by atoms with Gasteiger partial charge in [-0.25, -0.2) is 8.42 Å². The molecule has 3 rings (SSSR count). The van der Waals surface area contributed by atoms with Gasteiger partial charge in [0.25, 0.3) is 10.0 Å². The molecule has 202 valence electrons. The Bertz CT molecular complexity index is 1320. The fourth-order valence-electron chi connectivity index (χ4n) is 3.93. The predicted molar refractivity (Wildman–Crippen MR) is 152 cm³/mol. The molecule has 0 heterocycles. The molecule has 0 bridgehead atoms. The lowest BCUT2D eigenvalue weighted by Gasteiger charge is -2.33. The van der Waals surface area contributed by atoms with E-state index < -0.39 is 28.5 Å². The van der Waals surface area contributed by atoms with E-state index in [-0.39, 0.29) is 17.3 Å². The standard InChI is InChI=1S/C28H31Cl2N3O4S/c1-3-18-31-28(35)26(4-2)32(19-21-10-12-22(29)13-11-21)27(34)20-33(24-8-6-5-7-9-24)38(36,37)25-16-14-23(30)15-17-25/h5-17,26H,3-4,18-20H2,1-2H3,(H,31,35). The maximum atomic E-state index is 13.9. The molecular formula is C28H31Cl2N3O4S. The summed E-state index contributed by atoms with van der Waals surface area (Å²) in [5, 5.41) is 3.80. The minimum absolute atomic E-state index is 0.00413. The van der Waals surface area contributed by atoms with Gasteiger partial charge in [-0.2, -0.15) is 0 Å². The zero-order valence-electron chi connectivity index (χ0n) is 21.3. The smallest absolute Gasteiger partial charge is 0.264 e. The Morgan fingerprint density at radius 2 is 1.45 bits per heavy atom. The largest absolute Gasteiger partial charge is 0.354 e. The highest BCUT2D eigenvalue weighted by molar-refractivity contribution is 7.92. The molecular weight excluding hydrogens is 545 g/mol. The Morgan fingerprint density at radius 3 is 2.00 bits per heavy atom. The van der Waals surface area contributed by atoms with Gasteiger partial charge in [-0.3, -0.25) is 13.9 Å². The first-order chi connectivity index (χ1) is 18.2. The molecule has 1 unspecified atom stereocenters. The summed E-state index contributed by atoms with van der Waals surface area (Å²) in [6, 6.07) is 20.3. The first-order valence-corrected chi connectivity index (χ1v) is 14.5. The minimum Gasteiger partial charge on any atom is -0.354 e. The molecule has 2 amide bonds. The van der Waals surface area contributed by atoms with E-state index in [1.165, 1.54) is 29.2 Å². The lowest BCUT2D eigenvalue weighted by molar-refractivity contribution is -0.140. The average molecular weight is 577 g/mol. The summed E-state index contributed by atoms with van der Waals surface area (Å²) in [4.78, 5) is 28.4. The molecule has 3 aromatic rings. The summed E-state index contributed by atoms with van der Waals surface area (Å²) in [6.07, 6.45) is 1.10. The number of para-hydroxylation sites is 1. The molecule has 0 saturated heterocycles. The van der Waals surface area contributed by atoms with Crippen LogP contribution in [0, 0.1) is 0 Å².